The summed E-state index contributed by atoms with van der Waals surface area (Å²) in [7, 11) is 0. The first-order valence-corrected chi connectivity index (χ1v) is 3.72. The van der Waals surface area contributed by atoms with Crippen LogP contribution in [0.25, 0.3) is 0 Å². The minimum absolute atomic E-state index is 0. The van der Waals surface area contributed by atoms with Gasteiger partial charge in [0.25, 0.3) is 0 Å². The third-order valence-electron chi connectivity index (χ3n) is 0.914. The van der Waals surface area contributed by atoms with Gasteiger partial charge in [0.2, 0.25) is 0 Å². The van der Waals surface area contributed by atoms with Crippen LogP contribution in [0.15, 0.2) is 0 Å². The summed E-state index contributed by atoms with van der Waals surface area (Å²) in [4.78, 5) is 0. The van der Waals surface area contributed by atoms with Crippen LogP contribution in [-0.2, 0) is 0 Å². The highest BCUT2D eigenvalue weighted by Gasteiger charge is 1.81. The molecule has 0 atom stereocenters. The highest BCUT2D eigenvalue weighted by Crippen LogP contribution is 1.80. The zero-order chi connectivity index (χ0) is 6.24. The van der Waals surface area contributed by atoms with E-state index in [4.69, 9.17) is 11.6 Å². The van der Waals surface area contributed by atoms with Crippen LogP contribution < -0.4 is 5.32 Å². The van der Waals surface area contributed by atoms with Gasteiger partial charge in [-0.1, -0.05) is 6.92 Å². The van der Waals surface area contributed by atoms with Gasteiger partial charge >= 0.3 is 0 Å². The van der Waals surface area contributed by atoms with Crippen molar-refractivity contribution in [2.75, 3.05) is 19.0 Å². The van der Waals surface area contributed by atoms with Gasteiger partial charge in [-0.05, 0) is 25.9 Å². The van der Waals surface area contributed by atoms with Crippen molar-refractivity contribution in [2.45, 2.75) is 19.8 Å². The van der Waals surface area contributed by atoms with Crippen LogP contribution in [0.1, 0.15) is 19.8 Å². The van der Waals surface area contributed by atoms with Crippen LogP contribution in [0.3, 0.4) is 0 Å². The fourth-order valence-electron chi connectivity index (χ4n) is 0.494. The summed E-state index contributed by atoms with van der Waals surface area (Å²) in [5, 5.41) is 3.25. The zero-order valence-electron chi connectivity index (χ0n) is 5.82. The monoisotopic (exact) mass is 171 g/mol. The topological polar surface area (TPSA) is 12.0 Å². The van der Waals surface area contributed by atoms with Crippen LogP contribution in [0.2, 0.25) is 0 Å². The van der Waals surface area contributed by atoms with Crippen molar-refractivity contribution in [2.24, 2.45) is 0 Å². The summed E-state index contributed by atoms with van der Waals surface area (Å²) in [5.41, 5.74) is 0. The molecule has 0 aliphatic carbocycles. The minimum atomic E-state index is 0. The average Bonchev–Trinajstić information content (AvgIpc) is 1.81. The molecule has 0 unspecified atom stereocenters. The smallest absolute Gasteiger partial charge is 0.0235 e. The van der Waals surface area contributed by atoms with E-state index >= 15 is 0 Å². The van der Waals surface area contributed by atoms with Gasteiger partial charge in [0.05, 0.1) is 0 Å². The second-order valence-corrected chi connectivity index (χ2v) is 2.17. The van der Waals surface area contributed by atoms with E-state index in [1.807, 2.05) is 0 Å². The molecule has 0 bridgehead atoms. The van der Waals surface area contributed by atoms with E-state index in [1.165, 1.54) is 6.42 Å². The van der Waals surface area contributed by atoms with Crippen molar-refractivity contribution >= 4 is 24.0 Å². The number of rotatable bonds is 5. The first-order valence-electron chi connectivity index (χ1n) is 3.18. The van der Waals surface area contributed by atoms with Gasteiger partial charge in [-0.25, -0.2) is 0 Å². The quantitative estimate of drug-likeness (QED) is 0.494. The molecule has 0 fully saturated rings. The molecule has 0 radical (unpaired) electrons. The van der Waals surface area contributed by atoms with Crippen molar-refractivity contribution in [3.63, 3.8) is 0 Å². The molecule has 3 heteroatoms. The van der Waals surface area contributed by atoms with E-state index in [1.54, 1.807) is 0 Å². The second-order valence-electron chi connectivity index (χ2n) is 1.79. The Hall–Kier alpha value is 0.540. The molecule has 0 heterocycles. The summed E-state index contributed by atoms with van der Waals surface area (Å²) in [6.45, 7) is 4.35. The molecule has 0 spiro atoms. The minimum Gasteiger partial charge on any atom is -0.317 e. The zero-order valence-corrected chi connectivity index (χ0v) is 7.39. The summed E-state index contributed by atoms with van der Waals surface area (Å²) >= 11 is 5.44. The predicted molar refractivity (Wildman–Crippen MR) is 45.7 cm³/mol. The number of hydrogen-bond acceptors (Lipinski definition) is 1. The third kappa shape index (κ3) is 11.9. The van der Waals surface area contributed by atoms with E-state index in [0.717, 1.165) is 25.4 Å². The Balaban J connectivity index is 0. The lowest BCUT2D eigenvalue weighted by molar-refractivity contribution is 0.663. The molecule has 0 aromatic rings. The largest absolute Gasteiger partial charge is 0.317 e. The van der Waals surface area contributed by atoms with Gasteiger partial charge in [-0.2, -0.15) is 0 Å². The van der Waals surface area contributed by atoms with Gasteiger partial charge in [0.15, 0.2) is 0 Å². The van der Waals surface area contributed by atoms with Crippen LogP contribution in [0.5, 0.6) is 0 Å². The lowest BCUT2D eigenvalue weighted by Crippen LogP contribution is -2.15. The summed E-state index contributed by atoms with van der Waals surface area (Å²) in [6.07, 6.45) is 2.30. The van der Waals surface area contributed by atoms with Gasteiger partial charge in [-0.15, -0.1) is 24.0 Å². The maximum absolute atomic E-state index is 5.44. The SMILES string of the molecule is CCCNCCCCl.Cl. The standard InChI is InChI=1S/C6H14ClN.ClH/c1-2-5-8-6-3-4-7;/h8H,2-6H2,1H3;1H. The van der Waals surface area contributed by atoms with E-state index in [0.29, 0.717) is 0 Å². The number of halogens is 2. The van der Waals surface area contributed by atoms with E-state index < -0.39 is 0 Å². The van der Waals surface area contributed by atoms with E-state index in [-0.39, 0.29) is 12.4 Å². The first kappa shape index (κ1) is 12.2. The second kappa shape index (κ2) is 11.4. The Kier molecular flexibility index (Phi) is 15.4. The van der Waals surface area contributed by atoms with Crippen LogP contribution in [0.4, 0.5) is 0 Å². The highest BCUT2D eigenvalue weighted by molar-refractivity contribution is 6.17. The molecule has 0 aromatic carbocycles. The normalized spacial score (nSPS) is 8.67. The van der Waals surface area contributed by atoms with Gasteiger partial charge in [0, 0.05) is 5.88 Å². The molecule has 0 saturated heterocycles. The molecule has 0 aromatic heterocycles. The van der Waals surface area contributed by atoms with Crippen LogP contribution in [0, 0.1) is 0 Å². The molecule has 0 rings (SSSR count). The van der Waals surface area contributed by atoms with Crippen molar-refractivity contribution < 1.29 is 0 Å². The summed E-state index contributed by atoms with van der Waals surface area (Å²) in [6, 6.07) is 0. The molecule has 0 aliphatic heterocycles. The molecule has 58 valence electrons. The van der Waals surface area contributed by atoms with Crippen LogP contribution in [-0.4, -0.2) is 19.0 Å². The predicted octanol–water partition coefficient (Wildman–Crippen LogP) is 2.04. The molecule has 9 heavy (non-hydrogen) atoms. The molecular formula is C6H15Cl2N. The lowest BCUT2D eigenvalue weighted by Gasteiger charge is -1.97. The Bertz CT molecular complexity index is 36.0. The number of hydrogen-bond donors (Lipinski definition) is 1. The van der Waals surface area contributed by atoms with Crippen LogP contribution >= 0.6 is 24.0 Å². The Labute approximate surface area is 68.6 Å². The molecule has 1 N–H and O–H groups in total. The average molecular weight is 172 g/mol. The Morgan fingerprint density at radius 1 is 1.33 bits per heavy atom. The number of alkyl halides is 1. The van der Waals surface area contributed by atoms with E-state index in [9.17, 15) is 0 Å². The maximum atomic E-state index is 5.44. The third-order valence-corrected chi connectivity index (χ3v) is 1.18. The van der Waals surface area contributed by atoms with Gasteiger partial charge in [0.1, 0.15) is 0 Å². The van der Waals surface area contributed by atoms with Crippen molar-refractivity contribution in [1.29, 1.82) is 0 Å². The number of nitrogens with one attached hydrogen (secondary N) is 1. The lowest BCUT2D eigenvalue weighted by atomic mass is 10.4. The first-order chi connectivity index (χ1) is 3.91. The Morgan fingerprint density at radius 2 is 2.00 bits per heavy atom. The van der Waals surface area contributed by atoms with Crippen molar-refractivity contribution in [1.82, 2.24) is 5.32 Å². The van der Waals surface area contributed by atoms with E-state index in [2.05, 4.69) is 12.2 Å². The molecule has 0 saturated carbocycles. The fourth-order valence-corrected chi connectivity index (χ4v) is 0.627. The molecule has 1 nitrogen and oxygen atoms in total. The summed E-state index contributed by atoms with van der Waals surface area (Å²) < 4.78 is 0. The molecular weight excluding hydrogens is 157 g/mol. The molecule has 0 aliphatic rings. The van der Waals surface area contributed by atoms with Crippen molar-refractivity contribution in [3.8, 4) is 0 Å². The highest BCUT2D eigenvalue weighted by atomic mass is 35.5. The van der Waals surface area contributed by atoms with Gasteiger partial charge in [-0.3, -0.25) is 0 Å². The van der Waals surface area contributed by atoms with Crippen molar-refractivity contribution in [3.05, 3.63) is 0 Å². The Morgan fingerprint density at radius 3 is 2.44 bits per heavy atom. The maximum Gasteiger partial charge on any atom is 0.0235 e. The summed E-state index contributed by atoms with van der Waals surface area (Å²) in [5.74, 6) is 0.775. The van der Waals surface area contributed by atoms with Gasteiger partial charge < -0.3 is 5.32 Å². The fraction of sp³-hybridized carbons (Fsp3) is 1.00. The molecule has 0 amide bonds.